The second-order valence-corrected chi connectivity index (χ2v) is 8.64. The van der Waals surface area contributed by atoms with Crippen molar-refractivity contribution in [3.8, 4) is 0 Å². The minimum Gasteiger partial charge on any atom is -0.358 e. The minimum atomic E-state index is 1.10. The van der Waals surface area contributed by atoms with Gasteiger partial charge in [0, 0.05) is 52.6 Å². The highest BCUT2D eigenvalue weighted by molar-refractivity contribution is 7.98. The second kappa shape index (κ2) is 7.81. The molecule has 0 saturated heterocycles. The molecular formula is C21H24N2S2. The average Bonchev–Trinajstić information content (AvgIpc) is 3.27. The first-order valence-corrected chi connectivity index (χ1v) is 10.9. The number of rotatable bonds is 6. The lowest BCUT2D eigenvalue weighted by Crippen LogP contribution is -2.30. The van der Waals surface area contributed by atoms with E-state index < -0.39 is 0 Å². The van der Waals surface area contributed by atoms with Gasteiger partial charge in [-0.15, -0.1) is 11.3 Å². The van der Waals surface area contributed by atoms with Crippen LogP contribution < -0.4 is 0 Å². The number of fused-ring (bicyclic) bond motifs is 1. The third kappa shape index (κ3) is 3.86. The largest absolute Gasteiger partial charge is 0.358 e. The standard InChI is InChI=1S/C21H24N2S2/c1-16-19(18-5-2-3-6-20(18)22-16)15-24-14-12-23-10-8-17(9-11-23)21-7-4-13-25-21/h2-8,13,22H,9-12,14-15H2,1H3. The van der Waals surface area contributed by atoms with Gasteiger partial charge in [0.15, 0.2) is 0 Å². The van der Waals surface area contributed by atoms with Crippen molar-refractivity contribution in [1.82, 2.24) is 9.88 Å². The van der Waals surface area contributed by atoms with Crippen LogP contribution in [0, 0.1) is 6.92 Å². The topological polar surface area (TPSA) is 19.0 Å². The van der Waals surface area contributed by atoms with Crippen molar-refractivity contribution in [1.29, 1.82) is 0 Å². The molecule has 0 amide bonds. The van der Waals surface area contributed by atoms with Gasteiger partial charge in [0.05, 0.1) is 0 Å². The van der Waals surface area contributed by atoms with E-state index in [1.54, 1.807) is 0 Å². The molecule has 0 fully saturated rings. The van der Waals surface area contributed by atoms with Crippen LogP contribution in [0.3, 0.4) is 0 Å². The normalized spacial score (nSPS) is 15.6. The van der Waals surface area contributed by atoms with E-state index in [9.17, 15) is 0 Å². The van der Waals surface area contributed by atoms with Gasteiger partial charge >= 0.3 is 0 Å². The van der Waals surface area contributed by atoms with Gasteiger partial charge in [0.25, 0.3) is 0 Å². The number of aromatic amines is 1. The van der Waals surface area contributed by atoms with E-state index in [0.717, 1.165) is 12.3 Å². The van der Waals surface area contributed by atoms with E-state index in [0.29, 0.717) is 0 Å². The zero-order valence-corrected chi connectivity index (χ0v) is 16.3. The maximum Gasteiger partial charge on any atom is 0.0459 e. The molecular weight excluding hydrogens is 344 g/mol. The number of nitrogens with zero attached hydrogens (tertiary/aromatic N) is 1. The van der Waals surface area contributed by atoms with Crippen LogP contribution >= 0.6 is 23.1 Å². The van der Waals surface area contributed by atoms with Gasteiger partial charge in [-0.2, -0.15) is 11.8 Å². The summed E-state index contributed by atoms with van der Waals surface area (Å²) in [6.07, 6.45) is 3.61. The monoisotopic (exact) mass is 368 g/mol. The quantitative estimate of drug-likeness (QED) is 0.574. The molecule has 1 aromatic carbocycles. The molecule has 0 spiro atoms. The Morgan fingerprint density at radius 1 is 1.20 bits per heavy atom. The second-order valence-electron chi connectivity index (χ2n) is 6.58. The summed E-state index contributed by atoms with van der Waals surface area (Å²) in [5.74, 6) is 2.29. The zero-order chi connectivity index (χ0) is 17.1. The fourth-order valence-corrected chi connectivity index (χ4v) is 5.39. The van der Waals surface area contributed by atoms with Gasteiger partial charge in [-0.1, -0.05) is 30.3 Å². The third-order valence-corrected chi connectivity index (χ3v) is 6.87. The van der Waals surface area contributed by atoms with Crippen molar-refractivity contribution in [3.63, 3.8) is 0 Å². The summed E-state index contributed by atoms with van der Waals surface area (Å²) in [5.41, 5.74) is 5.58. The molecule has 0 atom stereocenters. The van der Waals surface area contributed by atoms with E-state index in [1.165, 1.54) is 57.9 Å². The van der Waals surface area contributed by atoms with Crippen LogP contribution in [0.15, 0.2) is 47.9 Å². The Hall–Kier alpha value is -1.49. The average molecular weight is 369 g/mol. The van der Waals surface area contributed by atoms with E-state index in [-0.39, 0.29) is 0 Å². The fraction of sp³-hybridized carbons (Fsp3) is 0.333. The maximum absolute atomic E-state index is 3.50. The Bertz CT molecular complexity index is 861. The van der Waals surface area contributed by atoms with Gasteiger partial charge < -0.3 is 4.98 Å². The third-order valence-electron chi connectivity index (χ3n) is 4.96. The number of thioether (sulfide) groups is 1. The van der Waals surface area contributed by atoms with Gasteiger partial charge in [-0.05, 0) is 42.0 Å². The summed E-state index contributed by atoms with van der Waals surface area (Å²) in [7, 11) is 0. The van der Waals surface area contributed by atoms with Crippen molar-refractivity contribution >= 4 is 39.6 Å². The van der Waals surface area contributed by atoms with E-state index in [2.05, 4.69) is 76.4 Å². The summed E-state index contributed by atoms with van der Waals surface area (Å²) >= 11 is 3.91. The van der Waals surface area contributed by atoms with E-state index in [1.807, 2.05) is 11.3 Å². The molecule has 0 unspecified atom stereocenters. The predicted molar refractivity (Wildman–Crippen MR) is 113 cm³/mol. The molecule has 2 nitrogen and oxygen atoms in total. The van der Waals surface area contributed by atoms with Gasteiger partial charge in [-0.25, -0.2) is 0 Å². The number of para-hydroxylation sites is 1. The molecule has 1 aliphatic rings. The van der Waals surface area contributed by atoms with Crippen molar-refractivity contribution in [2.24, 2.45) is 0 Å². The summed E-state index contributed by atoms with van der Waals surface area (Å²) in [6, 6.07) is 13.0. The van der Waals surface area contributed by atoms with Gasteiger partial charge in [0.1, 0.15) is 0 Å². The molecule has 25 heavy (non-hydrogen) atoms. The van der Waals surface area contributed by atoms with Crippen LogP contribution in [-0.2, 0) is 5.75 Å². The Kier molecular flexibility index (Phi) is 5.30. The molecule has 0 radical (unpaired) electrons. The molecule has 1 aliphatic heterocycles. The lowest BCUT2D eigenvalue weighted by atomic mass is 10.1. The summed E-state index contributed by atoms with van der Waals surface area (Å²) in [4.78, 5) is 7.53. The number of aromatic nitrogens is 1. The summed E-state index contributed by atoms with van der Waals surface area (Å²) in [5, 5.41) is 3.56. The van der Waals surface area contributed by atoms with Crippen LogP contribution in [0.5, 0.6) is 0 Å². The highest BCUT2D eigenvalue weighted by Gasteiger charge is 2.13. The number of hydrogen-bond acceptors (Lipinski definition) is 3. The van der Waals surface area contributed by atoms with Crippen molar-refractivity contribution < 1.29 is 0 Å². The Balaban J connectivity index is 1.27. The van der Waals surface area contributed by atoms with Crippen LogP contribution in [0.4, 0.5) is 0 Å². The maximum atomic E-state index is 3.50. The van der Waals surface area contributed by atoms with Crippen molar-refractivity contribution in [2.45, 2.75) is 19.1 Å². The lowest BCUT2D eigenvalue weighted by molar-refractivity contribution is 0.321. The van der Waals surface area contributed by atoms with Crippen LogP contribution in [0.1, 0.15) is 22.6 Å². The first-order valence-electron chi connectivity index (χ1n) is 8.90. The molecule has 1 N–H and O–H groups in total. The van der Waals surface area contributed by atoms with E-state index >= 15 is 0 Å². The van der Waals surface area contributed by atoms with Gasteiger partial charge in [0.2, 0.25) is 0 Å². The Morgan fingerprint density at radius 3 is 2.92 bits per heavy atom. The van der Waals surface area contributed by atoms with Crippen LogP contribution in [0.25, 0.3) is 16.5 Å². The molecule has 2 aromatic heterocycles. The smallest absolute Gasteiger partial charge is 0.0459 e. The number of hydrogen-bond donors (Lipinski definition) is 1. The molecule has 3 aromatic rings. The highest BCUT2D eigenvalue weighted by atomic mass is 32.2. The zero-order valence-electron chi connectivity index (χ0n) is 14.6. The number of H-pyrrole nitrogens is 1. The highest BCUT2D eigenvalue weighted by Crippen LogP contribution is 2.27. The van der Waals surface area contributed by atoms with Gasteiger partial charge in [-0.3, -0.25) is 4.90 Å². The number of aryl methyl sites for hydroxylation is 1. The van der Waals surface area contributed by atoms with Crippen LogP contribution in [-0.4, -0.2) is 35.3 Å². The van der Waals surface area contributed by atoms with Crippen molar-refractivity contribution in [3.05, 3.63) is 64.0 Å². The lowest BCUT2D eigenvalue weighted by Gasteiger charge is -2.25. The Morgan fingerprint density at radius 2 is 2.12 bits per heavy atom. The molecule has 0 saturated carbocycles. The number of nitrogens with one attached hydrogen (secondary N) is 1. The van der Waals surface area contributed by atoms with Crippen molar-refractivity contribution in [2.75, 3.05) is 25.4 Å². The predicted octanol–water partition coefficient (Wildman–Crippen LogP) is 5.56. The molecule has 130 valence electrons. The minimum absolute atomic E-state index is 1.10. The summed E-state index contributed by atoms with van der Waals surface area (Å²) < 4.78 is 0. The molecule has 0 aliphatic carbocycles. The first kappa shape index (κ1) is 17.0. The molecule has 3 heterocycles. The molecule has 4 rings (SSSR count). The summed E-state index contributed by atoms with van der Waals surface area (Å²) in [6.45, 7) is 5.66. The SMILES string of the molecule is Cc1[nH]c2ccccc2c1CSCCN1CC=C(c2cccs2)CC1. The molecule has 4 heteroatoms. The van der Waals surface area contributed by atoms with Crippen LogP contribution in [0.2, 0.25) is 0 Å². The fourth-order valence-electron chi connectivity index (χ4n) is 3.49. The first-order chi connectivity index (χ1) is 12.3. The number of thiophene rings is 1. The number of benzene rings is 1. The van der Waals surface area contributed by atoms with E-state index in [4.69, 9.17) is 0 Å². The Labute approximate surface area is 157 Å². The molecule has 0 bridgehead atoms.